The number of carbonyl (C=O) groups excluding carboxylic acids is 1. The van der Waals surface area contributed by atoms with Gasteiger partial charge in [0.05, 0.1) is 23.6 Å². The molecule has 0 spiro atoms. The number of aromatic nitrogens is 2. The molecule has 0 atom stereocenters. The van der Waals surface area contributed by atoms with Crippen LogP contribution in [0.4, 0.5) is 16.2 Å². The summed E-state index contributed by atoms with van der Waals surface area (Å²) in [6.45, 7) is 8.91. The summed E-state index contributed by atoms with van der Waals surface area (Å²) in [5, 5.41) is 4.14. The third kappa shape index (κ3) is 4.73. The predicted octanol–water partition coefficient (Wildman–Crippen LogP) is 3.54. The molecule has 2 aromatic rings. The van der Waals surface area contributed by atoms with Gasteiger partial charge in [-0.15, -0.1) is 11.3 Å². The highest BCUT2D eigenvalue weighted by Gasteiger charge is 2.41. The maximum absolute atomic E-state index is 14.0. The van der Waals surface area contributed by atoms with Crippen molar-refractivity contribution in [2.24, 2.45) is 12.8 Å². The first-order valence-electron chi connectivity index (χ1n) is 10.4. The van der Waals surface area contributed by atoms with Crippen molar-refractivity contribution in [1.29, 1.82) is 0 Å². The Kier molecular flexibility index (Phi) is 6.97. The molecule has 0 aromatic carbocycles. The number of rotatable bonds is 7. The highest BCUT2D eigenvalue weighted by molar-refractivity contribution is 7.95. The summed E-state index contributed by atoms with van der Waals surface area (Å²) in [4.78, 5) is 14.4. The van der Waals surface area contributed by atoms with E-state index in [0.29, 0.717) is 37.4 Å². The average Bonchev–Trinajstić information content (AvgIpc) is 3.29. The van der Waals surface area contributed by atoms with Crippen LogP contribution in [0.3, 0.4) is 0 Å². The van der Waals surface area contributed by atoms with Gasteiger partial charge in [-0.2, -0.15) is 17.8 Å². The van der Waals surface area contributed by atoms with E-state index in [1.165, 1.54) is 26.5 Å². The van der Waals surface area contributed by atoms with Gasteiger partial charge in [-0.25, -0.2) is 9.10 Å². The van der Waals surface area contributed by atoms with Crippen LogP contribution >= 0.6 is 11.3 Å². The summed E-state index contributed by atoms with van der Waals surface area (Å²) < 4.78 is 37.0. The first-order valence-corrected chi connectivity index (χ1v) is 12.6. The van der Waals surface area contributed by atoms with Crippen LogP contribution in [0.2, 0.25) is 0 Å². The molecule has 9 nitrogen and oxygen atoms in total. The number of amides is 2. The fourth-order valence-electron chi connectivity index (χ4n) is 3.69. The van der Waals surface area contributed by atoms with Crippen molar-refractivity contribution in [3.8, 4) is 0 Å². The number of urea groups is 1. The molecule has 172 valence electrons. The van der Waals surface area contributed by atoms with Crippen LogP contribution in [0.1, 0.15) is 62.1 Å². The Morgan fingerprint density at radius 3 is 2.39 bits per heavy atom. The van der Waals surface area contributed by atoms with Gasteiger partial charge in [0.15, 0.2) is 0 Å². The molecule has 0 radical (unpaired) electrons. The minimum atomic E-state index is -4.33. The lowest BCUT2D eigenvalue weighted by molar-refractivity contribution is 0.0875. The smallest absolute Gasteiger partial charge is 0.334 e. The molecule has 0 unspecified atom stereocenters. The molecule has 11 heteroatoms. The number of carbonyl (C=O) groups is 1. The summed E-state index contributed by atoms with van der Waals surface area (Å²) >= 11 is 1.52. The van der Waals surface area contributed by atoms with Gasteiger partial charge in [0.2, 0.25) is 0 Å². The van der Waals surface area contributed by atoms with Gasteiger partial charge < -0.3 is 10.5 Å². The van der Waals surface area contributed by atoms with Gasteiger partial charge in [-0.1, -0.05) is 27.7 Å². The van der Waals surface area contributed by atoms with Gasteiger partial charge in [-0.3, -0.25) is 4.68 Å². The molecule has 1 aliphatic heterocycles. The number of hydrogen-bond donors (Lipinski definition) is 1. The highest BCUT2D eigenvalue weighted by atomic mass is 32.2. The fraction of sp³-hybridized carbons (Fsp3) is 0.600. The van der Waals surface area contributed by atoms with E-state index in [2.05, 4.69) is 5.10 Å². The Hall–Kier alpha value is -2.11. The van der Waals surface area contributed by atoms with Crippen LogP contribution in [0.15, 0.2) is 18.5 Å². The van der Waals surface area contributed by atoms with Gasteiger partial charge in [0.25, 0.3) is 0 Å². The molecular formula is C20H31N5O4S2. The number of nitrogens with zero attached hydrogens (tertiary/aromatic N) is 4. The zero-order valence-corrected chi connectivity index (χ0v) is 20.2. The number of ether oxygens (including phenoxy) is 1. The first kappa shape index (κ1) is 23.6. The Balaban J connectivity index is 2.17. The number of primary amides is 1. The lowest BCUT2D eigenvalue weighted by atomic mass is 10.1. The minimum Gasteiger partial charge on any atom is -0.381 e. The zero-order valence-electron chi connectivity index (χ0n) is 18.6. The zero-order chi connectivity index (χ0) is 22.9. The summed E-state index contributed by atoms with van der Waals surface area (Å²) in [5.74, 6) is 0.220. The van der Waals surface area contributed by atoms with E-state index in [0.717, 1.165) is 14.1 Å². The fourth-order valence-corrected chi connectivity index (χ4v) is 6.65. The van der Waals surface area contributed by atoms with Gasteiger partial charge >= 0.3 is 16.2 Å². The van der Waals surface area contributed by atoms with Crippen molar-refractivity contribution >= 4 is 39.0 Å². The van der Waals surface area contributed by atoms with Crippen molar-refractivity contribution in [2.75, 3.05) is 21.8 Å². The second kappa shape index (κ2) is 9.17. The quantitative estimate of drug-likeness (QED) is 0.667. The molecule has 2 aromatic heterocycles. The van der Waals surface area contributed by atoms with E-state index >= 15 is 0 Å². The molecule has 2 N–H and O–H groups in total. The summed E-state index contributed by atoms with van der Waals surface area (Å²) in [7, 11) is -2.62. The predicted molar refractivity (Wildman–Crippen MR) is 123 cm³/mol. The maximum Gasteiger partial charge on any atom is 0.334 e. The molecule has 0 saturated carbocycles. The van der Waals surface area contributed by atoms with E-state index in [1.807, 2.05) is 27.7 Å². The molecule has 1 fully saturated rings. The summed E-state index contributed by atoms with van der Waals surface area (Å²) in [5.41, 5.74) is 6.43. The molecular weight excluding hydrogens is 438 g/mol. The van der Waals surface area contributed by atoms with E-state index in [4.69, 9.17) is 10.5 Å². The SMILES string of the molecule is CC(C)c1cc(N(C(N)=O)S(=O)(=O)N(c2cnn(C)c2)C2CCOCC2)c(C(C)C)s1. The topological polar surface area (TPSA) is 111 Å². The largest absolute Gasteiger partial charge is 0.381 e. The molecule has 1 aliphatic rings. The van der Waals surface area contributed by atoms with Gasteiger partial charge in [0.1, 0.15) is 0 Å². The second-order valence-corrected chi connectivity index (χ2v) is 11.1. The lowest BCUT2D eigenvalue weighted by Gasteiger charge is -2.37. The third-order valence-corrected chi connectivity index (χ3v) is 8.79. The number of nitrogens with two attached hydrogens (primary N) is 1. The number of hydrogen-bond acceptors (Lipinski definition) is 6. The molecule has 0 aliphatic carbocycles. The van der Waals surface area contributed by atoms with E-state index < -0.39 is 16.2 Å². The Bertz CT molecular complexity index is 1020. The van der Waals surface area contributed by atoms with Gasteiger partial charge in [0, 0.05) is 36.2 Å². The van der Waals surface area contributed by atoms with E-state index in [9.17, 15) is 13.2 Å². The number of thiophene rings is 1. The number of aryl methyl sites for hydroxylation is 1. The van der Waals surface area contributed by atoms with E-state index in [1.54, 1.807) is 19.3 Å². The Morgan fingerprint density at radius 2 is 1.90 bits per heavy atom. The van der Waals surface area contributed by atoms with Gasteiger partial charge in [-0.05, 0) is 30.7 Å². The monoisotopic (exact) mass is 469 g/mol. The molecule has 31 heavy (non-hydrogen) atoms. The minimum absolute atomic E-state index is 0.0273. The summed E-state index contributed by atoms with van der Waals surface area (Å²) in [6.07, 6.45) is 4.14. The molecule has 2 amide bonds. The van der Waals surface area contributed by atoms with Crippen LogP contribution in [0.5, 0.6) is 0 Å². The molecule has 3 heterocycles. The molecule has 3 rings (SSSR count). The van der Waals surface area contributed by atoms with Crippen LogP contribution in [0, 0.1) is 0 Å². The van der Waals surface area contributed by atoms with Crippen LogP contribution in [-0.4, -0.2) is 43.5 Å². The highest BCUT2D eigenvalue weighted by Crippen LogP contribution is 2.41. The Morgan fingerprint density at radius 1 is 1.26 bits per heavy atom. The standard InChI is InChI=1S/C20H31N5O4S2/c1-13(2)18-10-17(19(30-18)14(3)4)25(20(21)26)31(27,28)24(15-6-8-29-9-7-15)16-11-22-23(5)12-16/h10-15H,6-9H2,1-5H3,(H2,21,26). The average molecular weight is 470 g/mol. The molecule has 0 bridgehead atoms. The third-order valence-electron chi connectivity index (χ3n) is 5.22. The normalized spacial score (nSPS) is 15.6. The van der Waals surface area contributed by atoms with Crippen LogP contribution < -0.4 is 14.3 Å². The van der Waals surface area contributed by atoms with Crippen molar-refractivity contribution in [3.63, 3.8) is 0 Å². The molecule has 1 saturated heterocycles. The van der Waals surface area contributed by atoms with Crippen LogP contribution in [-0.2, 0) is 22.0 Å². The maximum atomic E-state index is 14.0. The Labute approximate surface area is 188 Å². The van der Waals surface area contributed by atoms with Crippen molar-refractivity contribution in [2.45, 2.75) is 58.4 Å². The number of anilines is 2. The second-order valence-electron chi connectivity index (χ2n) is 8.33. The lowest BCUT2D eigenvalue weighted by Crippen LogP contribution is -2.54. The van der Waals surface area contributed by atoms with E-state index in [-0.39, 0.29) is 17.9 Å². The first-order chi connectivity index (χ1) is 14.5. The van der Waals surface area contributed by atoms with Crippen molar-refractivity contribution in [1.82, 2.24) is 9.78 Å². The summed E-state index contributed by atoms with van der Waals surface area (Å²) in [6, 6.07) is 0.379. The van der Waals surface area contributed by atoms with Crippen LogP contribution in [0.25, 0.3) is 0 Å². The van der Waals surface area contributed by atoms with Crippen molar-refractivity contribution < 1.29 is 17.9 Å². The van der Waals surface area contributed by atoms with Crippen molar-refractivity contribution in [3.05, 3.63) is 28.2 Å².